The molecule has 12 aromatic carbocycles. The van der Waals surface area contributed by atoms with E-state index in [4.69, 9.17) is 0 Å². The van der Waals surface area contributed by atoms with Crippen LogP contribution in [0.5, 0.6) is 0 Å². The Morgan fingerprint density at radius 1 is 0.247 bits per heavy atom. The summed E-state index contributed by atoms with van der Waals surface area (Å²) in [6.45, 7) is 0. The van der Waals surface area contributed by atoms with Gasteiger partial charge in [-0.1, -0.05) is 170 Å². The topological polar surface area (TPSA) is 31.3 Å². The van der Waals surface area contributed by atoms with Gasteiger partial charge < -0.3 is 9.13 Å². The molecule has 0 unspecified atom stereocenters. The van der Waals surface area contributed by atoms with Crippen LogP contribution in [-0.2, 0) is 0 Å². The average molecular weight is 928 g/mol. The maximum Gasteiger partial charge on any atom is 0.263 e. The molecule has 4 nitrogen and oxygen atoms in total. The van der Waals surface area contributed by atoms with Crippen LogP contribution in [0.3, 0.4) is 0 Å². The van der Waals surface area contributed by atoms with Gasteiger partial charge in [-0.3, -0.25) is 9.20 Å². The van der Waals surface area contributed by atoms with E-state index >= 15 is 0 Å². The third-order valence-electron chi connectivity index (χ3n) is 15.7. The number of aromatic nitrogens is 3. The second-order valence-electron chi connectivity index (χ2n) is 19.6. The van der Waals surface area contributed by atoms with Gasteiger partial charge >= 0.3 is 0 Å². The van der Waals surface area contributed by atoms with Gasteiger partial charge in [0.15, 0.2) is 0 Å². The Labute approximate surface area is 418 Å². The fraction of sp³-hybridized carbons (Fsp3) is 0. The summed E-state index contributed by atoms with van der Waals surface area (Å²) in [6, 6.07) is 89.8. The van der Waals surface area contributed by atoms with Crippen LogP contribution in [-0.4, -0.2) is 13.5 Å². The van der Waals surface area contributed by atoms with E-state index in [1.807, 2.05) is 16.5 Å². The summed E-state index contributed by atoms with van der Waals surface area (Å²) in [5.41, 5.74) is 15.6. The molecular weight excluding hydrogens is 887 g/mol. The van der Waals surface area contributed by atoms with E-state index in [9.17, 15) is 4.79 Å². The highest BCUT2D eigenvalue weighted by Crippen LogP contribution is 2.44. The van der Waals surface area contributed by atoms with Crippen molar-refractivity contribution < 1.29 is 0 Å². The zero-order valence-corrected chi connectivity index (χ0v) is 39.4. The molecule has 0 aliphatic carbocycles. The minimum atomic E-state index is 0.00530. The predicted octanol–water partition coefficient (Wildman–Crippen LogP) is 17.7. The number of pyridine rings is 1. The van der Waals surface area contributed by atoms with E-state index in [0.717, 1.165) is 77.3 Å². The van der Waals surface area contributed by atoms with Gasteiger partial charge in [0.1, 0.15) is 0 Å². The van der Waals surface area contributed by atoms with Crippen molar-refractivity contribution >= 4 is 103 Å². The van der Waals surface area contributed by atoms with Crippen LogP contribution >= 0.6 is 0 Å². The molecule has 16 aromatic rings. The van der Waals surface area contributed by atoms with Crippen LogP contribution < -0.4 is 5.56 Å². The molecule has 0 radical (unpaired) electrons. The van der Waals surface area contributed by atoms with Crippen LogP contribution in [0, 0.1) is 0 Å². The first-order valence-corrected chi connectivity index (χ1v) is 25.0. The Bertz CT molecular complexity index is 5040. The van der Waals surface area contributed by atoms with E-state index in [-0.39, 0.29) is 5.56 Å². The maximum atomic E-state index is 14.7. The summed E-state index contributed by atoms with van der Waals surface area (Å²) in [5.74, 6) is 0. The molecule has 0 aliphatic rings. The standard InChI is InChI=1S/C69H41N3O/c73-69-58-34-31-46(59-38-45-15-4-5-20-50(45)51-21-6-7-22-52(51)59)39-60(58)62-41-47(40-61-55-25-10-13-28-65(55)72(69)66(61)62)44-17-14-16-43(37-44)42-29-32-49(33-30-42)71-64-27-12-9-24-54(64)57-36-35-56-53-23-8-11-26-63(53)70(67(56)68(57)71)48-18-2-1-3-19-48/h1-41H. The molecule has 4 heteroatoms. The summed E-state index contributed by atoms with van der Waals surface area (Å²) in [7, 11) is 0. The molecule has 0 spiro atoms. The van der Waals surface area contributed by atoms with Crippen molar-refractivity contribution in [1.82, 2.24) is 13.5 Å². The fourth-order valence-electron chi connectivity index (χ4n) is 12.5. The molecule has 338 valence electrons. The Morgan fingerprint density at radius 3 is 1.42 bits per heavy atom. The maximum absolute atomic E-state index is 14.7. The van der Waals surface area contributed by atoms with Gasteiger partial charge in [0.25, 0.3) is 5.56 Å². The lowest BCUT2D eigenvalue weighted by Gasteiger charge is -2.14. The van der Waals surface area contributed by atoms with Gasteiger partial charge in [-0.05, 0) is 139 Å². The third-order valence-corrected chi connectivity index (χ3v) is 15.7. The zero-order chi connectivity index (χ0) is 47.9. The summed E-state index contributed by atoms with van der Waals surface area (Å²) in [4.78, 5) is 14.7. The SMILES string of the molecule is O=c1c2ccc(-c3cc4ccccc4c4ccccc34)cc2c2cc(-c3cccc(-c4ccc(-n5c6ccccc6c6ccc7c8ccccc8n(-c8ccccc8)c7c65)cc4)c3)cc3c4ccccc4n1c23. The summed E-state index contributed by atoms with van der Waals surface area (Å²) >= 11 is 0. The van der Waals surface area contributed by atoms with E-state index in [2.05, 4.69) is 246 Å². The van der Waals surface area contributed by atoms with Gasteiger partial charge in [-0.25, -0.2) is 0 Å². The smallest absolute Gasteiger partial charge is 0.263 e. The highest BCUT2D eigenvalue weighted by molar-refractivity contribution is 6.25. The monoisotopic (exact) mass is 927 g/mol. The normalized spacial score (nSPS) is 12.2. The number of nitrogens with zero attached hydrogens (tertiary/aromatic N) is 3. The molecule has 0 N–H and O–H groups in total. The summed E-state index contributed by atoms with van der Waals surface area (Å²) in [6.07, 6.45) is 0. The van der Waals surface area contributed by atoms with Gasteiger partial charge in [0.05, 0.1) is 33.1 Å². The van der Waals surface area contributed by atoms with Crippen LogP contribution in [0.2, 0.25) is 0 Å². The zero-order valence-electron chi connectivity index (χ0n) is 39.4. The van der Waals surface area contributed by atoms with Gasteiger partial charge in [0, 0.05) is 54.5 Å². The van der Waals surface area contributed by atoms with Gasteiger partial charge in [-0.2, -0.15) is 0 Å². The third kappa shape index (κ3) is 5.69. The van der Waals surface area contributed by atoms with Crippen molar-refractivity contribution in [3.8, 4) is 44.8 Å². The lowest BCUT2D eigenvalue weighted by Crippen LogP contribution is -2.13. The van der Waals surface area contributed by atoms with E-state index < -0.39 is 0 Å². The van der Waals surface area contributed by atoms with Crippen molar-refractivity contribution in [2.75, 3.05) is 0 Å². The molecule has 0 aliphatic heterocycles. The van der Waals surface area contributed by atoms with Crippen molar-refractivity contribution in [2.45, 2.75) is 0 Å². The van der Waals surface area contributed by atoms with Gasteiger partial charge in [0.2, 0.25) is 0 Å². The lowest BCUT2D eigenvalue weighted by molar-refractivity contribution is 1.15. The Morgan fingerprint density at radius 2 is 0.740 bits per heavy atom. The first-order valence-electron chi connectivity index (χ1n) is 25.0. The van der Waals surface area contributed by atoms with E-state index in [1.165, 1.54) is 65.2 Å². The number of para-hydroxylation sites is 4. The second kappa shape index (κ2) is 15.1. The lowest BCUT2D eigenvalue weighted by atomic mass is 9.91. The first-order chi connectivity index (χ1) is 36.1. The number of hydrogen-bond acceptors (Lipinski definition) is 1. The van der Waals surface area contributed by atoms with Crippen molar-refractivity contribution in [3.05, 3.63) is 259 Å². The number of hydrogen-bond donors (Lipinski definition) is 0. The molecule has 0 amide bonds. The first kappa shape index (κ1) is 40.0. The number of rotatable bonds is 5. The molecule has 73 heavy (non-hydrogen) atoms. The molecular formula is C69H41N3O. The Kier molecular flexibility index (Phi) is 8.29. The fourth-order valence-corrected chi connectivity index (χ4v) is 12.5. The molecule has 0 saturated carbocycles. The number of fused-ring (bicyclic) bond motifs is 15. The molecule has 0 fully saturated rings. The van der Waals surface area contributed by atoms with Crippen molar-refractivity contribution in [3.63, 3.8) is 0 Å². The highest BCUT2D eigenvalue weighted by atomic mass is 16.1. The highest BCUT2D eigenvalue weighted by Gasteiger charge is 2.23. The predicted molar refractivity (Wildman–Crippen MR) is 307 cm³/mol. The minimum Gasteiger partial charge on any atom is -0.307 e. The van der Waals surface area contributed by atoms with Crippen LogP contribution in [0.4, 0.5) is 0 Å². The molecule has 0 saturated heterocycles. The largest absolute Gasteiger partial charge is 0.307 e. The molecule has 4 aromatic heterocycles. The van der Waals surface area contributed by atoms with Gasteiger partial charge in [-0.15, -0.1) is 0 Å². The van der Waals surface area contributed by atoms with Crippen LogP contribution in [0.1, 0.15) is 0 Å². The number of benzene rings is 12. The summed E-state index contributed by atoms with van der Waals surface area (Å²) in [5, 5.41) is 14.6. The summed E-state index contributed by atoms with van der Waals surface area (Å²) < 4.78 is 6.84. The van der Waals surface area contributed by atoms with E-state index in [1.54, 1.807) is 0 Å². The van der Waals surface area contributed by atoms with Crippen molar-refractivity contribution in [2.24, 2.45) is 0 Å². The van der Waals surface area contributed by atoms with Crippen LogP contribution in [0.25, 0.3) is 148 Å². The Hall–Kier alpha value is -9.77. The molecule has 16 rings (SSSR count). The van der Waals surface area contributed by atoms with Crippen LogP contribution in [0.15, 0.2) is 254 Å². The molecule has 4 heterocycles. The molecule has 0 atom stereocenters. The van der Waals surface area contributed by atoms with E-state index in [0.29, 0.717) is 5.39 Å². The quantitative estimate of drug-likeness (QED) is 0.158. The van der Waals surface area contributed by atoms with Crippen molar-refractivity contribution in [1.29, 1.82) is 0 Å². The molecule has 0 bridgehead atoms. The second-order valence-corrected chi connectivity index (χ2v) is 19.6. The minimum absolute atomic E-state index is 0.00530. The average Bonchev–Trinajstić information content (AvgIpc) is 4.15. The Balaban J connectivity index is 0.867.